The minimum atomic E-state index is 0.275. The summed E-state index contributed by atoms with van der Waals surface area (Å²) in [6.07, 6.45) is 1.94. The molecule has 2 heterocycles. The van der Waals surface area contributed by atoms with E-state index < -0.39 is 0 Å². The highest BCUT2D eigenvalue weighted by Crippen LogP contribution is 2.30. The SMILES string of the molecule is CC(Nc1ccn(C)n1)c1cc2ccccc2s1. The number of benzene rings is 1. The summed E-state index contributed by atoms with van der Waals surface area (Å²) < 4.78 is 3.14. The Balaban J connectivity index is 1.85. The average molecular weight is 257 g/mol. The van der Waals surface area contributed by atoms with Gasteiger partial charge >= 0.3 is 0 Å². The normalized spacial score (nSPS) is 12.8. The van der Waals surface area contributed by atoms with E-state index in [2.05, 4.69) is 47.7 Å². The number of hydrogen-bond acceptors (Lipinski definition) is 3. The van der Waals surface area contributed by atoms with Crippen molar-refractivity contribution in [2.75, 3.05) is 5.32 Å². The van der Waals surface area contributed by atoms with Gasteiger partial charge in [0.1, 0.15) is 5.82 Å². The maximum Gasteiger partial charge on any atom is 0.148 e. The minimum absolute atomic E-state index is 0.275. The van der Waals surface area contributed by atoms with Crippen LogP contribution in [0.15, 0.2) is 42.6 Å². The fourth-order valence-corrected chi connectivity index (χ4v) is 3.07. The first-order chi connectivity index (χ1) is 8.72. The van der Waals surface area contributed by atoms with E-state index >= 15 is 0 Å². The summed E-state index contributed by atoms with van der Waals surface area (Å²) in [5.41, 5.74) is 0. The van der Waals surface area contributed by atoms with Crippen LogP contribution in [0.2, 0.25) is 0 Å². The molecule has 4 heteroatoms. The molecule has 3 nitrogen and oxygen atoms in total. The summed E-state index contributed by atoms with van der Waals surface area (Å²) in [5, 5.41) is 9.07. The van der Waals surface area contributed by atoms with Gasteiger partial charge in [-0.15, -0.1) is 11.3 Å². The third-order valence-corrected chi connectivity index (χ3v) is 4.25. The molecule has 18 heavy (non-hydrogen) atoms. The number of aryl methyl sites for hydroxylation is 1. The van der Waals surface area contributed by atoms with E-state index in [-0.39, 0.29) is 6.04 Å². The summed E-state index contributed by atoms with van der Waals surface area (Å²) in [4.78, 5) is 1.34. The maximum absolute atomic E-state index is 4.34. The van der Waals surface area contributed by atoms with Gasteiger partial charge in [0.15, 0.2) is 0 Å². The summed E-state index contributed by atoms with van der Waals surface area (Å²) in [6.45, 7) is 2.17. The Morgan fingerprint density at radius 3 is 2.83 bits per heavy atom. The number of hydrogen-bond donors (Lipinski definition) is 1. The lowest BCUT2D eigenvalue weighted by Gasteiger charge is -2.10. The Morgan fingerprint density at radius 2 is 2.11 bits per heavy atom. The molecule has 0 fully saturated rings. The van der Waals surface area contributed by atoms with Crippen molar-refractivity contribution in [3.05, 3.63) is 47.5 Å². The fourth-order valence-electron chi connectivity index (χ4n) is 2.00. The van der Waals surface area contributed by atoms with Crippen molar-refractivity contribution in [3.63, 3.8) is 0 Å². The van der Waals surface area contributed by atoms with Crippen LogP contribution >= 0.6 is 11.3 Å². The van der Waals surface area contributed by atoms with Crippen molar-refractivity contribution in [1.29, 1.82) is 0 Å². The molecule has 3 aromatic rings. The van der Waals surface area contributed by atoms with Crippen molar-refractivity contribution in [2.45, 2.75) is 13.0 Å². The third-order valence-electron chi connectivity index (χ3n) is 2.95. The zero-order valence-corrected chi connectivity index (χ0v) is 11.2. The zero-order valence-electron chi connectivity index (χ0n) is 10.4. The van der Waals surface area contributed by atoms with Crippen LogP contribution in [0.3, 0.4) is 0 Å². The number of nitrogens with zero attached hydrogens (tertiary/aromatic N) is 2. The molecule has 0 radical (unpaired) electrons. The van der Waals surface area contributed by atoms with Gasteiger partial charge in [-0.2, -0.15) is 5.10 Å². The predicted molar refractivity (Wildman–Crippen MR) is 77.1 cm³/mol. The molecular formula is C14H15N3S. The van der Waals surface area contributed by atoms with Crippen LogP contribution in [0.5, 0.6) is 0 Å². The van der Waals surface area contributed by atoms with Gasteiger partial charge in [-0.05, 0) is 24.4 Å². The standard InChI is InChI=1S/C14H15N3S/c1-10(15-14-7-8-17(2)16-14)13-9-11-5-3-4-6-12(11)18-13/h3-10H,1-2H3,(H,15,16). The molecule has 0 bridgehead atoms. The van der Waals surface area contributed by atoms with Crippen LogP contribution in [-0.4, -0.2) is 9.78 Å². The monoisotopic (exact) mass is 257 g/mol. The van der Waals surface area contributed by atoms with E-state index in [1.165, 1.54) is 15.0 Å². The zero-order chi connectivity index (χ0) is 12.5. The fraction of sp³-hybridized carbons (Fsp3) is 0.214. The van der Waals surface area contributed by atoms with Crippen LogP contribution in [0.25, 0.3) is 10.1 Å². The van der Waals surface area contributed by atoms with Crippen LogP contribution in [0.4, 0.5) is 5.82 Å². The Labute approximate surface area is 110 Å². The summed E-state index contributed by atoms with van der Waals surface area (Å²) >= 11 is 1.83. The Kier molecular flexibility index (Phi) is 2.80. The van der Waals surface area contributed by atoms with Gasteiger partial charge in [-0.1, -0.05) is 18.2 Å². The second-order valence-electron chi connectivity index (χ2n) is 4.43. The maximum atomic E-state index is 4.34. The topological polar surface area (TPSA) is 29.9 Å². The van der Waals surface area contributed by atoms with Crippen molar-refractivity contribution < 1.29 is 0 Å². The first-order valence-corrected chi connectivity index (χ1v) is 6.79. The van der Waals surface area contributed by atoms with Gasteiger partial charge in [0, 0.05) is 28.9 Å². The highest BCUT2D eigenvalue weighted by atomic mass is 32.1. The number of fused-ring (bicyclic) bond motifs is 1. The van der Waals surface area contributed by atoms with E-state index in [0.717, 1.165) is 5.82 Å². The molecule has 1 aromatic carbocycles. The van der Waals surface area contributed by atoms with E-state index in [0.29, 0.717) is 0 Å². The van der Waals surface area contributed by atoms with Crippen molar-refractivity contribution in [3.8, 4) is 0 Å². The second kappa shape index (κ2) is 4.46. The summed E-state index contributed by atoms with van der Waals surface area (Å²) in [5.74, 6) is 0.919. The molecule has 0 aliphatic rings. The van der Waals surface area contributed by atoms with Gasteiger partial charge in [0.2, 0.25) is 0 Å². The van der Waals surface area contributed by atoms with Crippen LogP contribution < -0.4 is 5.32 Å². The van der Waals surface area contributed by atoms with Gasteiger partial charge in [0.05, 0.1) is 6.04 Å². The smallest absolute Gasteiger partial charge is 0.148 e. The Morgan fingerprint density at radius 1 is 1.28 bits per heavy atom. The van der Waals surface area contributed by atoms with Crippen LogP contribution in [-0.2, 0) is 7.05 Å². The van der Waals surface area contributed by atoms with E-state index in [9.17, 15) is 0 Å². The Hall–Kier alpha value is -1.81. The first-order valence-electron chi connectivity index (χ1n) is 5.97. The number of anilines is 1. The minimum Gasteiger partial charge on any atom is -0.361 e. The first kappa shape index (κ1) is 11.3. The van der Waals surface area contributed by atoms with Crippen molar-refractivity contribution in [2.24, 2.45) is 7.05 Å². The second-order valence-corrected chi connectivity index (χ2v) is 5.54. The van der Waals surface area contributed by atoms with E-state index in [1.54, 1.807) is 4.68 Å². The molecule has 3 rings (SSSR count). The van der Waals surface area contributed by atoms with Crippen LogP contribution in [0.1, 0.15) is 17.8 Å². The van der Waals surface area contributed by atoms with Crippen LogP contribution in [0, 0.1) is 0 Å². The lowest BCUT2D eigenvalue weighted by Crippen LogP contribution is -2.05. The molecule has 0 aliphatic carbocycles. The Bertz CT molecular complexity index is 635. The molecule has 0 amide bonds. The highest BCUT2D eigenvalue weighted by molar-refractivity contribution is 7.19. The number of nitrogens with one attached hydrogen (secondary N) is 1. The number of aromatic nitrogens is 2. The summed E-state index contributed by atoms with van der Waals surface area (Å²) in [6, 6.07) is 13.0. The van der Waals surface area contributed by atoms with E-state index in [4.69, 9.17) is 0 Å². The molecule has 0 saturated carbocycles. The molecule has 0 spiro atoms. The van der Waals surface area contributed by atoms with E-state index in [1.807, 2.05) is 30.6 Å². The molecule has 1 N–H and O–H groups in total. The van der Waals surface area contributed by atoms with Gasteiger partial charge in [0.25, 0.3) is 0 Å². The van der Waals surface area contributed by atoms with Gasteiger partial charge in [-0.25, -0.2) is 0 Å². The lowest BCUT2D eigenvalue weighted by atomic mass is 10.2. The number of rotatable bonds is 3. The summed E-state index contributed by atoms with van der Waals surface area (Å²) in [7, 11) is 1.93. The molecule has 0 aliphatic heterocycles. The number of thiophene rings is 1. The molecular weight excluding hydrogens is 242 g/mol. The largest absolute Gasteiger partial charge is 0.361 e. The van der Waals surface area contributed by atoms with Crippen molar-refractivity contribution in [1.82, 2.24) is 9.78 Å². The third kappa shape index (κ3) is 2.11. The average Bonchev–Trinajstić information content (AvgIpc) is 2.95. The highest BCUT2D eigenvalue weighted by Gasteiger charge is 2.10. The van der Waals surface area contributed by atoms with Crippen molar-refractivity contribution >= 4 is 27.2 Å². The molecule has 92 valence electrons. The predicted octanol–water partition coefficient (Wildman–Crippen LogP) is 3.81. The van der Waals surface area contributed by atoms with Gasteiger partial charge in [-0.3, -0.25) is 4.68 Å². The van der Waals surface area contributed by atoms with Gasteiger partial charge < -0.3 is 5.32 Å². The molecule has 0 saturated heterocycles. The quantitative estimate of drug-likeness (QED) is 0.773. The molecule has 2 aromatic heterocycles. The molecule has 1 unspecified atom stereocenters. The molecule has 1 atom stereocenters. The lowest BCUT2D eigenvalue weighted by molar-refractivity contribution is 0.761.